The Morgan fingerprint density at radius 3 is 2.06 bits per heavy atom. The van der Waals surface area contributed by atoms with Crippen molar-refractivity contribution in [3.8, 4) is 0 Å². The molecule has 0 bridgehead atoms. The topological polar surface area (TPSA) is 0 Å². The fraction of sp³-hybridized carbons (Fsp3) is 0.412. The standard InChI is InChI=1S/C12H14.C3H6.C2H6/c1-9(2)11-8-12(11)10-6-4-3-5-7-10;1-3-2;1-2/h3-7,11-12H,1,8H2,2H3;3H,1H2,2H3;1-2H3. The highest BCUT2D eigenvalue weighted by Gasteiger charge is 2.38. The van der Waals surface area contributed by atoms with Gasteiger partial charge in [0.05, 0.1) is 0 Å². The molecule has 1 saturated carbocycles. The first-order chi connectivity index (χ1) is 8.20. The van der Waals surface area contributed by atoms with Crippen LogP contribution in [0.5, 0.6) is 0 Å². The van der Waals surface area contributed by atoms with E-state index in [4.69, 9.17) is 0 Å². The first-order valence-corrected chi connectivity index (χ1v) is 6.48. The van der Waals surface area contributed by atoms with Crippen LogP contribution in [0.4, 0.5) is 0 Å². The van der Waals surface area contributed by atoms with Crippen LogP contribution in [0, 0.1) is 5.92 Å². The van der Waals surface area contributed by atoms with Crippen LogP contribution in [0.2, 0.25) is 0 Å². The maximum atomic E-state index is 3.99. The summed E-state index contributed by atoms with van der Waals surface area (Å²) in [5.41, 5.74) is 2.81. The summed E-state index contributed by atoms with van der Waals surface area (Å²) in [7, 11) is 0. The number of rotatable bonds is 2. The van der Waals surface area contributed by atoms with Crippen molar-refractivity contribution >= 4 is 0 Å². The van der Waals surface area contributed by atoms with E-state index in [1.54, 1.807) is 6.08 Å². The van der Waals surface area contributed by atoms with Gasteiger partial charge in [0.15, 0.2) is 0 Å². The fourth-order valence-corrected chi connectivity index (χ4v) is 1.81. The van der Waals surface area contributed by atoms with Gasteiger partial charge in [0, 0.05) is 0 Å². The summed E-state index contributed by atoms with van der Waals surface area (Å²) in [6, 6.07) is 10.7. The van der Waals surface area contributed by atoms with Crippen molar-refractivity contribution < 1.29 is 0 Å². The third-order valence-corrected chi connectivity index (χ3v) is 2.65. The van der Waals surface area contributed by atoms with E-state index in [9.17, 15) is 0 Å². The molecule has 0 radical (unpaired) electrons. The minimum atomic E-state index is 0.757. The lowest BCUT2D eigenvalue weighted by Crippen LogP contribution is -1.82. The maximum Gasteiger partial charge on any atom is -0.00904 e. The van der Waals surface area contributed by atoms with E-state index in [2.05, 4.69) is 50.4 Å². The third-order valence-electron chi connectivity index (χ3n) is 2.65. The van der Waals surface area contributed by atoms with Gasteiger partial charge in [-0.3, -0.25) is 0 Å². The Morgan fingerprint density at radius 1 is 1.24 bits per heavy atom. The Hall–Kier alpha value is -1.30. The second-order valence-electron chi connectivity index (χ2n) is 4.11. The molecule has 94 valence electrons. The minimum absolute atomic E-state index is 0.757. The van der Waals surface area contributed by atoms with E-state index in [-0.39, 0.29) is 0 Å². The zero-order valence-electron chi connectivity index (χ0n) is 11.7. The molecule has 17 heavy (non-hydrogen) atoms. The molecule has 0 spiro atoms. The van der Waals surface area contributed by atoms with Crippen LogP contribution >= 0.6 is 0 Å². The molecule has 0 amide bonds. The van der Waals surface area contributed by atoms with Gasteiger partial charge in [-0.15, -0.1) is 6.58 Å². The molecule has 1 fully saturated rings. The molecule has 2 atom stereocenters. The van der Waals surface area contributed by atoms with E-state index in [0.29, 0.717) is 0 Å². The smallest absolute Gasteiger partial charge is 0.00904 e. The van der Waals surface area contributed by atoms with Gasteiger partial charge in [0.25, 0.3) is 0 Å². The largest absolute Gasteiger partial charge is 0.103 e. The second kappa shape index (κ2) is 8.81. The lowest BCUT2D eigenvalue weighted by atomic mass is 10.1. The van der Waals surface area contributed by atoms with Crippen molar-refractivity contribution in [1.29, 1.82) is 0 Å². The molecule has 0 saturated heterocycles. The third kappa shape index (κ3) is 5.53. The number of hydrogen-bond donors (Lipinski definition) is 0. The number of allylic oxidation sites excluding steroid dienone is 2. The monoisotopic (exact) mass is 230 g/mol. The molecular weight excluding hydrogens is 204 g/mol. The first-order valence-electron chi connectivity index (χ1n) is 6.48. The summed E-state index contributed by atoms with van der Waals surface area (Å²) < 4.78 is 0. The van der Waals surface area contributed by atoms with Gasteiger partial charge < -0.3 is 0 Å². The summed E-state index contributed by atoms with van der Waals surface area (Å²) in [6.45, 7) is 15.4. The number of hydrogen-bond acceptors (Lipinski definition) is 0. The molecule has 1 aromatic rings. The van der Waals surface area contributed by atoms with Crippen LogP contribution < -0.4 is 0 Å². The van der Waals surface area contributed by atoms with Gasteiger partial charge in [0.2, 0.25) is 0 Å². The van der Waals surface area contributed by atoms with E-state index in [1.807, 2.05) is 20.8 Å². The van der Waals surface area contributed by atoms with Crippen molar-refractivity contribution in [3.63, 3.8) is 0 Å². The molecular formula is C17H26. The molecule has 0 heteroatoms. The lowest BCUT2D eigenvalue weighted by molar-refractivity contribution is 0.945. The molecule has 2 unspecified atom stereocenters. The van der Waals surface area contributed by atoms with Crippen molar-refractivity contribution in [3.05, 3.63) is 60.7 Å². The van der Waals surface area contributed by atoms with Gasteiger partial charge in [-0.25, -0.2) is 0 Å². The van der Waals surface area contributed by atoms with Gasteiger partial charge in [-0.2, -0.15) is 0 Å². The predicted molar refractivity (Wildman–Crippen MR) is 79.3 cm³/mol. The Bertz CT molecular complexity index is 321. The van der Waals surface area contributed by atoms with Crippen LogP contribution in [0.1, 0.15) is 45.6 Å². The Labute approximate surface area is 107 Å². The van der Waals surface area contributed by atoms with Crippen LogP contribution in [-0.4, -0.2) is 0 Å². The molecule has 2 rings (SSSR count). The van der Waals surface area contributed by atoms with Gasteiger partial charge in [-0.1, -0.05) is 62.4 Å². The highest BCUT2D eigenvalue weighted by Crippen LogP contribution is 2.50. The Balaban J connectivity index is 0.000000450. The molecule has 0 aromatic heterocycles. The van der Waals surface area contributed by atoms with E-state index in [0.717, 1.165) is 11.8 Å². The normalized spacial score (nSPS) is 20.0. The molecule has 1 aliphatic carbocycles. The van der Waals surface area contributed by atoms with Crippen molar-refractivity contribution in [2.45, 2.75) is 40.0 Å². The summed E-state index contributed by atoms with van der Waals surface area (Å²) >= 11 is 0. The number of benzene rings is 1. The van der Waals surface area contributed by atoms with Crippen LogP contribution in [0.15, 0.2) is 55.1 Å². The quantitative estimate of drug-likeness (QED) is 0.581. The molecule has 0 nitrogen and oxygen atoms in total. The van der Waals surface area contributed by atoms with E-state index >= 15 is 0 Å². The van der Waals surface area contributed by atoms with Crippen molar-refractivity contribution in [1.82, 2.24) is 0 Å². The maximum absolute atomic E-state index is 3.99. The first kappa shape index (κ1) is 15.7. The molecule has 1 aromatic carbocycles. The summed E-state index contributed by atoms with van der Waals surface area (Å²) in [5, 5.41) is 0. The molecule has 0 aliphatic heterocycles. The Kier molecular flexibility index (Phi) is 8.13. The van der Waals surface area contributed by atoms with Gasteiger partial charge >= 0.3 is 0 Å². The van der Waals surface area contributed by atoms with E-state index < -0.39 is 0 Å². The summed E-state index contributed by atoms with van der Waals surface area (Å²) in [4.78, 5) is 0. The lowest BCUT2D eigenvalue weighted by Gasteiger charge is -1.98. The average Bonchev–Trinajstić information content (AvgIpc) is 3.14. The average molecular weight is 230 g/mol. The fourth-order valence-electron chi connectivity index (χ4n) is 1.81. The molecule has 1 aliphatic rings. The predicted octanol–water partition coefficient (Wildman–Crippen LogP) is 5.58. The van der Waals surface area contributed by atoms with Crippen LogP contribution in [-0.2, 0) is 0 Å². The summed E-state index contributed by atoms with van der Waals surface area (Å²) in [6.07, 6.45) is 3.05. The highest BCUT2D eigenvalue weighted by atomic mass is 14.4. The highest BCUT2D eigenvalue weighted by molar-refractivity contribution is 5.30. The Morgan fingerprint density at radius 2 is 1.71 bits per heavy atom. The molecule has 0 N–H and O–H groups in total. The summed E-state index contributed by atoms with van der Waals surface area (Å²) in [5.74, 6) is 1.52. The van der Waals surface area contributed by atoms with Crippen LogP contribution in [0.25, 0.3) is 0 Å². The zero-order chi connectivity index (χ0) is 13.3. The van der Waals surface area contributed by atoms with Gasteiger partial charge in [-0.05, 0) is 37.7 Å². The van der Waals surface area contributed by atoms with Gasteiger partial charge in [0.1, 0.15) is 0 Å². The van der Waals surface area contributed by atoms with Crippen molar-refractivity contribution in [2.24, 2.45) is 5.92 Å². The minimum Gasteiger partial charge on any atom is -0.103 e. The van der Waals surface area contributed by atoms with Crippen molar-refractivity contribution in [2.75, 3.05) is 0 Å². The second-order valence-corrected chi connectivity index (χ2v) is 4.11. The SMILES string of the molecule is C=C(C)C1CC1c1ccccc1.C=CC.CC. The van der Waals surface area contributed by atoms with Crippen LogP contribution in [0.3, 0.4) is 0 Å². The zero-order valence-corrected chi connectivity index (χ0v) is 11.7. The van der Waals surface area contributed by atoms with E-state index in [1.165, 1.54) is 17.6 Å². The molecule has 0 heterocycles.